The van der Waals surface area contributed by atoms with Crippen molar-refractivity contribution in [1.82, 2.24) is 10.6 Å². The van der Waals surface area contributed by atoms with Crippen LogP contribution in [0.4, 0.5) is 0 Å². The van der Waals surface area contributed by atoms with Crippen LogP contribution in [0.1, 0.15) is 100.0 Å². The summed E-state index contributed by atoms with van der Waals surface area (Å²) in [5.74, 6) is -3.96. The molecule has 1 heterocycles. The van der Waals surface area contributed by atoms with Crippen molar-refractivity contribution in [1.29, 1.82) is 0 Å². The normalized spacial score (nSPS) is 18.3. The SMILES string of the molecule is CC(=O)C[C@@H](CCc1ccccc1)C(=O)N[C@@H](CC(C)C)C(=O)C[C@@H](COCC(=O)OC(C)(C)C)C(=O)N[C@@H](CC(C)C)C(=O)[C@@]1(C)CO1. The predicted octanol–water partition coefficient (Wildman–Crippen LogP) is 4.57. The highest BCUT2D eigenvalue weighted by Crippen LogP contribution is 2.30. The van der Waals surface area contributed by atoms with E-state index >= 15 is 0 Å². The van der Waals surface area contributed by atoms with Gasteiger partial charge in [-0.05, 0) is 77.7 Å². The van der Waals surface area contributed by atoms with Gasteiger partial charge in [0.1, 0.15) is 23.6 Å². The minimum atomic E-state index is -1.07. The van der Waals surface area contributed by atoms with Crippen LogP contribution in [0.2, 0.25) is 0 Å². The number of benzene rings is 1. The Balaban J connectivity index is 2.26. The smallest absolute Gasteiger partial charge is 0.332 e. The van der Waals surface area contributed by atoms with Crippen LogP contribution in [0, 0.1) is 23.7 Å². The van der Waals surface area contributed by atoms with Gasteiger partial charge in [-0.3, -0.25) is 19.2 Å². The maximum atomic E-state index is 13.9. The van der Waals surface area contributed by atoms with Crippen molar-refractivity contribution < 1.29 is 43.0 Å². The van der Waals surface area contributed by atoms with Crippen molar-refractivity contribution >= 4 is 35.1 Å². The molecule has 0 radical (unpaired) electrons. The number of rotatable bonds is 22. The standard InChI is InChI=1S/C38H58N2O9/c1-24(2)17-30(39-35(45)28(19-26(5)41)16-15-27-13-11-10-12-14-27)32(42)20-29(21-47-22-33(43)49-37(6,7)8)36(46)40-31(18-25(3)4)34(44)38(9)23-48-38/h10-14,24-25,28-31H,15-23H2,1-9H3,(H,39,45)(H,40,46)/t28-,29+,30+,31+,38-/m1/s1. The van der Waals surface area contributed by atoms with Crippen LogP contribution >= 0.6 is 0 Å². The molecule has 0 unspecified atom stereocenters. The Bertz CT molecular complexity index is 1280. The lowest BCUT2D eigenvalue weighted by molar-refractivity contribution is -0.161. The zero-order valence-electron chi connectivity index (χ0n) is 30.9. The van der Waals surface area contributed by atoms with E-state index in [1.54, 1.807) is 27.7 Å². The fraction of sp³-hybridized carbons (Fsp3) is 0.684. The summed E-state index contributed by atoms with van der Waals surface area (Å²) in [4.78, 5) is 78.9. The molecule has 2 amide bonds. The van der Waals surface area contributed by atoms with Gasteiger partial charge in [0.2, 0.25) is 11.8 Å². The molecule has 0 saturated carbocycles. The summed E-state index contributed by atoms with van der Waals surface area (Å²) in [5.41, 5.74) is -0.660. The van der Waals surface area contributed by atoms with E-state index in [9.17, 15) is 28.8 Å². The molecule has 11 nitrogen and oxygen atoms in total. The minimum absolute atomic E-state index is 0.0212. The number of carbonyl (C=O) groups excluding carboxylic acids is 6. The number of esters is 1. The van der Waals surface area contributed by atoms with Gasteiger partial charge in [-0.2, -0.15) is 0 Å². The number of aryl methyl sites for hydroxylation is 1. The molecule has 0 spiro atoms. The number of amides is 2. The number of hydrogen-bond acceptors (Lipinski definition) is 9. The van der Waals surface area contributed by atoms with Crippen LogP contribution in [0.15, 0.2) is 30.3 Å². The largest absolute Gasteiger partial charge is 0.458 e. The third-order valence-corrected chi connectivity index (χ3v) is 8.16. The van der Waals surface area contributed by atoms with Crippen LogP contribution < -0.4 is 10.6 Å². The van der Waals surface area contributed by atoms with Gasteiger partial charge in [-0.15, -0.1) is 0 Å². The van der Waals surface area contributed by atoms with E-state index in [1.165, 1.54) is 6.92 Å². The summed E-state index contributed by atoms with van der Waals surface area (Å²) in [6, 6.07) is 7.89. The molecule has 274 valence electrons. The number of Topliss-reactive ketones (excluding diaryl/α,β-unsaturated/α-hetero) is 3. The molecule has 1 aromatic rings. The molecule has 11 heteroatoms. The lowest BCUT2D eigenvalue weighted by atomic mass is 9.90. The summed E-state index contributed by atoms with van der Waals surface area (Å²) >= 11 is 0. The fourth-order valence-corrected chi connectivity index (χ4v) is 5.57. The first-order valence-corrected chi connectivity index (χ1v) is 17.4. The van der Waals surface area contributed by atoms with Crippen molar-refractivity contribution in [3.8, 4) is 0 Å². The lowest BCUT2D eigenvalue weighted by Gasteiger charge is -2.27. The third-order valence-electron chi connectivity index (χ3n) is 8.16. The Morgan fingerprint density at radius 2 is 1.41 bits per heavy atom. The van der Waals surface area contributed by atoms with Crippen LogP contribution in [0.25, 0.3) is 0 Å². The highest BCUT2D eigenvalue weighted by Gasteiger charge is 2.50. The zero-order valence-corrected chi connectivity index (χ0v) is 30.9. The molecule has 0 bridgehead atoms. The van der Waals surface area contributed by atoms with Gasteiger partial charge in [0.25, 0.3) is 0 Å². The van der Waals surface area contributed by atoms with Gasteiger partial charge in [0.15, 0.2) is 11.6 Å². The monoisotopic (exact) mass is 686 g/mol. The molecule has 1 fully saturated rings. The molecule has 1 aromatic carbocycles. The van der Waals surface area contributed by atoms with E-state index in [0.717, 1.165) is 5.56 Å². The molecule has 1 aliphatic rings. The van der Waals surface area contributed by atoms with Crippen molar-refractivity contribution in [2.45, 2.75) is 124 Å². The average molecular weight is 687 g/mol. The molecule has 5 atom stereocenters. The van der Waals surface area contributed by atoms with E-state index < -0.39 is 65.3 Å². The Labute approximate surface area is 292 Å². The van der Waals surface area contributed by atoms with Gasteiger partial charge < -0.3 is 29.6 Å². The highest BCUT2D eigenvalue weighted by molar-refractivity contribution is 5.98. The van der Waals surface area contributed by atoms with Gasteiger partial charge >= 0.3 is 5.97 Å². The lowest BCUT2D eigenvalue weighted by Crippen LogP contribution is -2.50. The first-order valence-electron chi connectivity index (χ1n) is 17.4. The first kappa shape index (κ1) is 41.7. The number of nitrogens with one attached hydrogen (secondary N) is 2. The van der Waals surface area contributed by atoms with Crippen molar-refractivity contribution in [2.24, 2.45) is 23.7 Å². The maximum Gasteiger partial charge on any atom is 0.332 e. The van der Waals surface area contributed by atoms with E-state index in [1.807, 2.05) is 58.0 Å². The van der Waals surface area contributed by atoms with Gasteiger partial charge in [0.05, 0.1) is 31.2 Å². The van der Waals surface area contributed by atoms with E-state index in [2.05, 4.69) is 10.6 Å². The van der Waals surface area contributed by atoms with Gasteiger partial charge in [-0.25, -0.2) is 4.79 Å². The van der Waals surface area contributed by atoms with Gasteiger partial charge in [0, 0.05) is 18.8 Å². The molecular weight excluding hydrogens is 628 g/mol. The molecule has 1 saturated heterocycles. The first-order chi connectivity index (χ1) is 22.8. The maximum absolute atomic E-state index is 13.9. The zero-order chi connectivity index (χ0) is 36.9. The summed E-state index contributed by atoms with van der Waals surface area (Å²) in [5, 5.41) is 5.72. The minimum Gasteiger partial charge on any atom is -0.458 e. The molecule has 0 aromatic heterocycles. The molecule has 49 heavy (non-hydrogen) atoms. The third kappa shape index (κ3) is 15.8. The topological polar surface area (TPSA) is 157 Å². The molecule has 2 rings (SSSR count). The number of carbonyl (C=O) groups is 6. The van der Waals surface area contributed by atoms with Crippen molar-refractivity contribution in [3.05, 3.63) is 35.9 Å². The fourth-order valence-electron chi connectivity index (χ4n) is 5.57. The molecule has 2 N–H and O–H groups in total. The van der Waals surface area contributed by atoms with E-state index in [0.29, 0.717) is 25.7 Å². The Morgan fingerprint density at radius 3 is 1.94 bits per heavy atom. The Kier molecular flexibility index (Phi) is 16.3. The Morgan fingerprint density at radius 1 is 0.857 bits per heavy atom. The van der Waals surface area contributed by atoms with E-state index in [4.69, 9.17) is 14.2 Å². The molecular formula is C38H58N2O9. The average Bonchev–Trinajstić information content (AvgIpc) is 3.74. The quantitative estimate of drug-likeness (QED) is 0.132. The summed E-state index contributed by atoms with van der Waals surface area (Å²) in [6.07, 6.45) is 1.43. The summed E-state index contributed by atoms with van der Waals surface area (Å²) < 4.78 is 16.3. The number of epoxide rings is 1. The summed E-state index contributed by atoms with van der Waals surface area (Å²) in [6.45, 7) is 15.5. The van der Waals surface area contributed by atoms with Gasteiger partial charge in [-0.1, -0.05) is 58.0 Å². The van der Waals surface area contributed by atoms with E-state index in [-0.39, 0.29) is 49.5 Å². The van der Waals surface area contributed by atoms with Crippen LogP contribution in [-0.2, 0) is 49.4 Å². The summed E-state index contributed by atoms with van der Waals surface area (Å²) in [7, 11) is 0. The second kappa shape index (κ2) is 19.1. The second-order valence-electron chi connectivity index (χ2n) is 15.4. The Hall–Kier alpha value is -3.44. The molecule has 0 aliphatic carbocycles. The number of ketones is 3. The van der Waals surface area contributed by atoms with Crippen molar-refractivity contribution in [3.63, 3.8) is 0 Å². The van der Waals surface area contributed by atoms with Crippen molar-refractivity contribution in [2.75, 3.05) is 19.8 Å². The second-order valence-corrected chi connectivity index (χ2v) is 15.4. The van der Waals surface area contributed by atoms with Crippen LogP contribution in [0.5, 0.6) is 0 Å². The molecule has 1 aliphatic heterocycles. The van der Waals surface area contributed by atoms with Crippen LogP contribution in [0.3, 0.4) is 0 Å². The number of hydrogen-bond donors (Lipinski definition) is 2. The highest BCUT2D eigenvalue weighted by atomic mass is 16.6. The number of ether oxygens (including phenoxy) is 3. The predicted molar refractivity (Wildman–Crippen MR) is 185 cm³/mol. The van der Waals surface area contributed by atoms with Crippen LogP contribution in [-0.4, -0.2) is 78.2 Å².